The minimum absolute atomic E-state index is 0.102. The van der Waals surface area contributed by atoms with Gasteiger partial charge in [-0.15, -0.1) is 5.23 Å². The molecule has 70 valence electrons. The molecule has 0 aromatic heterocycles. The van der Waals surface area contributed by atoms with E-state index >= 15 is 0 Å². The van der Waals surface area contributed by atoms with Crippen LogP contribution in [0, 0.1) is 0 Å². The van der Waals surface area contributed by atoms with E-state index in [-0.39, 0.29) is 22.2 Å². The summed E-state index contributed by atoms with van der Waals surface area (Å²) >= 11 is 0. The molecule has 0 unspecified atom stereocenters. The number of nitrogens with two attached hydrogens (primary N) is 1. The number of anilines is 2. The van der Waals surface area contributed by atoms with E-state index in [9.17, 15) is 9.90 Å². The summed E-state index contributed by atoms with van der Waals surface area (Å²) in [6.07, 6.45) is 0. The van der Waals surface area contributed by atoms with Gasteiger partial charge in [-0.2, -0.15) is 0 Å². The van der Waals surface area contributed by atoms with Gasteiger partial charge in [0, 0.05) is 11.3 Å². The zero-order valence-corrected chi connectivity index (χ0v) is 6.47. The summed E-state index contributed by atoms with van der Waals surface area (Å²) in [4.78, 5) is 10.4. The molecule has 1 rings (SSSR count). The molecule has 0 aliphatic rings. The maximum atomic E-state index is 10.4. The van der Waals surface area contributed by atoms with Crippen LogP contribution in [0.1, 0.15) is 10.4 Å². The lowest BCUT2D eigenvalue weighted by atomic mass is 10.2. The van der Waals surface area contributed by atoms with Crippen molar-refractivity contribution in [2.75, 3.05) is 11.0 Å². The van der Waals surface area contributed by atoms with Crippen LogP contribution in [0.25, 0.3) is 0 Å². The molecule has 6 heteroatoms. The van der Waals surface area contributed by atoms with E-state index in [4.69, 9.17) is 16.1 Å². The fourth-order valence-electron chi connectivity index (χ4n) is 0.868. The molecule has 4 N–H and O–H groups in total. The SMILES string of the molecule is Nc1cc(C(=O)[O-])cc(N(O)O)c1. The van der Waals surface area contributed by atoms with E-state index in [1.165, 1.54) is 6.07 Å². The van der Waals surface area contributed by atoms with Crippen molar-refractivity contribution < 1.29 is 20.3 Å². The van der Waals surface area contributed by atoms with Gasteiger partial charge < -0.3 is 15.6 Å². The molecule has 0 bridgehead atoms. The molecule has 0 saturated heterocycles. The number of rotatable bonds is 2. The molecular weight excluding hydrogens is 176 g/mol. The highest BCUT2D eigenvalue weighted by Gasteiger charge is 2.03. The van der Waals surface area contributed by atoms with E-state index in [0.717, 1.165) is 12.1 Å². The van der Waals surface area contributed by atoms with Crippen molar-refractivity contribution in [1.29, 1.82) is 0 Å². The van der Waals surface area contributed by atoms with Crippen molar-refractivity contribution >= 4 is 17.3 Å². The number of hydrogen-bond acceptors (Lipinski definition) is 6. The number of nitrogen functional groups attached to an aromatic ring is 1. The molecule has 13 heavy (non-hydrogen) atoms. The first-order valence-corrected chi connectivity index (χ1v) is 3.30. The van der Waals surface area contributed by atoms with Crippen LogP contribution in [0.15, 0.2) is 18.2 Å². The average molecular weight is 183 g/mol. The van der Waals surface area contributed by atoms with Crippen LogP contribution >= 0.6 is 0 Å². The maximum absolute atomic E-state index is 10.4. The van der Waals surface area contributed by atoms with Gasteiger partial charge in [-0.05, 0) is 18.2 Å². The number of carbonyl (C=O) groups is 1. The lowest BCUT2D eigenvalue weighted by Crippen LogP contribution is -2.23. The Morgan fingerprint density at radius 1 is 1.38 bits per heavy atom. The zero-order valence-electron chi connectivity index (χ0n) is 6.47. The number of carboxylic acid groups (broad SMARTS) is 1. The van der Waals surface area contributed by atoms with Crippen LogP contribution in [0.4, 0.5) is 11.4 Å². The minimum Gasteiger partial charge on any atom is -0.545 e. The fourth-order valence-corrected chi connectivity index (χ4v) is 0.868. The van der Waals surface area contributed by atoms with Gasteiger partial charge in [-0.25, -0.2) is 0 Å². The van der Waals surface area contributed by atoms with Gasteiger partial charge >= 0.3 is 0 Å². The van der Waals surface area contributed by atoms with Crippen LogP contribution < -0.4 is 16.1 Å². The van der Waals surface area contributed by atoms with Gasteiger partial charge in [0.1, 0.15) is 0 Å². The summed E-state index contributed by atoms with van der Waals surface area (Å²) in [6.45, 7) is 0. The minimum atomic E-state index is -1.43. The summed E-state index contributed by atoms with van der Waals surface area (Å²) in [5.41, 5.74) is 5.04. The van der Waals surface area contributed by atoms with E-state index in [1.54, 1.807) is 0 Å². The molecule has 0 heterocycles. The molecular formula is C7H7N2O4-. The average Bonchev–Trinajstić information content (AvgIpc) is 2.03. The first-order chi connectivity index (χ1) is 6.00. The highest BCUT2D eigenvalue weighted by molar-refractivity contribution is 5.88. The normalized spacial score (nSPS) is 9.69. The molecule has 0 saturated carbocycles. The standard InChI is InChI=1S/C7H8N2O4/c8-5-1-4(7(10)11)2-6(3-5)9(12)13/h1-3,12-13H,8H2,(H,10,11)/p-1. The second kappa shape index (κ2) is 3.30. The quantitative estimate of drug-likeness (QED) is 0.409. The first kappa shape index (κ1) is 9.30. The van der Waals surface area contributed by atoms with Crippen LogP contribution in [0.3, 0.4) is 0 Å². The van der Waals surface area contributed by atoms with E-state index in [2.05, 4.69) is 0 Å². The highest BCUT2D eigenvalue weighted by atomic mass is 16.8. The first-order valence-electron chi connectivity index (χ1n) is 3.30. The summed E-state index contributed by atoms with van der Waals surface area (Å²) in [5, 5.41) is 27.3. The Labute approximate surface area is 73.3 Å². The van der Waals surface area contributed by atoms with Crippen LogP contribution in [-0.4, -0.2) is 16.4 Å². The molecule has 0 fully saturated rings. The monoisotopic (exact) mass is 183 g/mol. The lowest BCUT2D eigenvalue weighted by Gasteiger charge is -2.11. The third-order valence-corrected chi connectivity index (χ3v) is 1.41. The van der Waals surface area contributed by atoms with E-state index in [1.807, 2.05) is 0 Å². The van der Waals surface area contributed by atoms with E-state index < -0.39 is 5.97 Å². The smallest absolute Gasteiger partial charge is 0.0969 e. The number of carboxylic acids is 1. The van der Waals surface area contributed by atoms with Crippen molar-refractivity contribution in [3.8, 4) is 0 Å². The summed E-state index contributed by atoms with van der Waals surface area (Å²) in [7, 11) is 0. The van der Waals surface area contributed by atoms with Crippen molar-refractivity contribution in [1.82, 2.24) is 0 Å². The van der Waals surface area contributed by atoms with Crippen LogP contribution in [-0.2, 0) is 0 Å². The van der Waals surface area contributed by atoms with Crippen molar-refractivity contribution in [3.63, 3.8) is 0 Å². The molecule has 0 spiro atoms. The number of nitrogens with zero attached hydrogens (tertiary/aromatic N) is 1. The Balaban J connectivity index is 3.19. The fraction of sp³-hybridized carbons (Fsp3) is 0. The second-order valence-corrected chi connectivity index (χ2v) is 2.39. The number of aromatic carboxylic acids is 1. The lowest BCUT2D eigenvalue weighted by molar-refractivity contribution is -0.255. The van der Waals surface area contributed by atoms with Crippen molar-refractivity contribution in [3.05, 3.63) is 23.8 Å². The molecule has 0 amide bonds. The van der Waals surface area contributed by atoms with Crippen LogP contribution in [0.2, 0.25) is 0 Å². The largest absolute Gasteiger partial charge is 0.545 e. The van der Waals surface area contributed by atoms with Gasteiger partial charge in [0.2, 0.25) is 0 Å². The molecule has 1 aromatic carbocycles. The van der Waals surface area contributed by atoms with Gasteiger partial charge in [0.05, 0.1) is 11.7 Å². The van der Waals surface area contributed by atoms with Gasteiger partial charge in [0.15, 0.2) is 0 Å². The second-order valence-electron chi connectivity index (χ2n) is 2.39. The Hall–Kier alpha value is -1.79. The Kier molecular flexibility index (Phi) is 2.36. The van der Waals surface area contributed by atoms with Crippen molar-refractivity contribution in [2.24, 2.45) is 0 Å². The third kappa shape index (κ3) is 2.08. The molecule has 1 aromatic rings. The predicted octanol–water partition coefficient (Wildman–Crippen LogP) is -0.783. The number of hydrogen-bond donors (Lipinski definition) is 3. The Morgan fingerprint density at radius 3 is 2.46 bits per heavy atom. The predicted molar refractivity (Wildman–Crippen MR) is 41.2 cm³/mol. The highest BCUT2D eigenvalue weighted by Crippen LogP contribution is 2.17. The van der Waals surface area contributed by atoms with Gasteiger partial charge in [-0.1, -0.05) is 0 Å². The topological polar surface area (TPSA) is 110 Å². The van der Waals surface area contributed by atoms with Gasteiger partial charge in [-0.3, -0.25) is 10.4 Å². The summed E-state index contributed by atoms with van der Waals surface area (Å²) in [5.74, 6) is -1.43. The van der Waals surface area contributed by atoms with Crippen LogP contribution in [0.5, 0.6) is 0 Å². The number of carbonyl (C=O) groups excluding carboxylic acids is 1. The van der Waals surface area contributed by atoms with Gasteiger partial charge in [0.25, 0.3) is 0 Å². The Bertz CT molecular complexity index is 337. The third-order valence-electron chi connectivity index (χ3n) is 1.41. The molecule has 0 aliphatic heterocycles. The molecule has 0 atom stereocenters. The molecule has 0 aliphatic carbocycles. The maximum Gasteiger partial charge on any atom is 0.0969 e. The molecule has 6 nitrogen and oxygen atoms in total. The Morgan fingerprint density at radius 2 is 2.00 bits per heavy atom. The molecule has 0 radical (unpaired) electrons. The summed E-state index contributed by atoms with van der Waals surface area (Å²) < 4.78 is 0. The van der Waals surface area contributed by atoms with Crippen molar-refractivity contribution in [2.45, 2.75) is 0 Å². The summed E-state index contributed by atoms with van der Waals surface area (Å²) in [6, 6.07) is 3.38. The zero-order chi connectivity index (χ0) is 10.0. The van der Waals surface area contributed by atoms with E-state index in [0.29, 0.717) is 0 Å². The number of benzene rings is 1.